The molecule has 124 valence electrons. The molecular formula is C16H15ClN4O2S. The number of amides is 1. The van der Waals surface area contributed by atoms with E-state index in [0.29, 0.717) is 27.8 Å². The second-order valence-corrected chi connectivity index (χ2v) is 6.58. The predicted octanol–water partition coefficient (Wildman–Crippen LogP) is 4.37. The molecule has 0 aliphatic rings. The first kappa shape index (κ1) is 16.7. The monoisotopic (exact) mass is 362 g/mol. The van der Waals surface area contributed by atoms with Gasteiger partial charge in [0.2, 0.25) is 0 Å². The van der Waals surface area contributed by atoms with E-state index in [9.17, 15) is 4.79 Å². The lowest BCUT2D eigenvalue weighted by molar-refractivity contribution is 0.102. The van der Waals surface area contributed by atoms with Gasteiger partial charge in [0, 0.05) is 11.6 Å². The summed E-state index contributed by atoms with van der Waals surface area (Å²) in [6.07, 6.45) is 3.25. The van der Waals surface area contributed by atoms with Crippen molar-refractivity contribution in [3.8, 4) is 0 Å². The molecule has 0 spiro atoms. The van der Waals surface area contributed by atoms with Gasteiger partial charge in [-0.25, -0.2) is 15.0 Å². The van der Waals surface area contributed by atoms with Crippen LogP contribution >= 0.6 is 23.4 Å². The smallest absolute Gasteiger partial charge is 0.275 e. The fourth-order valence-corrected chi connectivity index (χ4v) is 2.59. The van der Waals surface area contributed by atoms with E-state index in [0.717, 1.165) is 0 Å². The van der Waals surface area contributed by atoms with Crippen molar-refractivity contribution in [2.75, 3.05) is 11.6 Å². The van der Waals surface area contributed by atoms with Gasteiger partial charge in [0.25, 0.3) is 5.91 Å². The molecule has 24 heavy (non-hydrogen) atoms. The number of carbonyl (C=O) groups is 1. The molecule has 0 aliphatic carbocycles. The Kier molecular flexibility index (Phi) is 4.73. The number of fused-ring (bicyclic) bond motifs is 1. The standard InChI is InChI=1S/C16H15ClN4O2S/c1-8(2)15-20-11-6-9(4-5-12(11)23-15)19-14(22)13-10(17)7-18-16(21-13)24-3/h4-8H,1-3H3,(H,19,22). The van der Waals surface area contributed by atoms with Crippen LogP contribution in [0.25, 0.3) is 11.1 Å². The zero-order valence-corrected chi connectivity index (χ0v) is 14.9. The van der Waals surface area contributed by atoms with Gasteiger partial charge in [-0.05, 0) is 24.5 Å². The molecule has 2 heterocycles. The quantitative estimate of drug-likeness (QED) is 0.548. The van der Waals surface area contributed by atoms with Gasteiger partial charge in [-0.3, -0.25) is 4.79 Å². The SMILES string of the molecule is CSc1ncc(Cl)c(C(=O)Nc2ccc3oc(C(C)C)nc3c2)n1. The van der Waals surface area contributed by atoms with Crippen molar-refractivity contribution in [2.24, 2.45) is 0 Å². The molecule has 0 radical (unpaired) electrons. The van der Waals surface area contributed by atoms with Crippen molar-refractivity contribution in [3.05, 3.63) is 41.0 Å². The van der Waals surface area contributed by atoms with Crippen LogP contribution in [-0.4, -0.2) is 27.1 Å². The molecule has 1 amide bonds. The van der Waals surface area contributed by atoms with E-state index in [1.54, 1.807) is 18.2 Å². The van der Waals surface area contributed by atoms with Gasteiger partial charge >= 0.3 is 0 Å². The fraction of sp³-hybridized carbons (Fsp3) is 0.250. The Morgan fingerprint density at radius 2 is 2.12 bits per heavy atom. The Balaban J connectivity index is 1.87. The number of rotatable bonds is 4. The number of thioether (sulfide) groups is 1. The third-order valence-corrected chi connectivity index (χ3v) is 4.11. The van der Waals surface area contributed by atoms with Crippen molar-refractivity contribution in [1.29, 1.82) is 0 Å². The number of benzene rings is 1. The van der Waals surface area contributed by atoms with E-state index in [4.69, 9.17) is 16.0 Å². The number of carbonyl (C=O) groups excluding carboxylic acids is 1. The summed E-state index contributed by atoms with van der Waals surface area (Å²) >= 11 is 7.36. The van der Waals surface area contributed by atoms with Crippen molar-refractivity contribution in [2.45, 2.75) is 24.9 Å². The number of nitrogens with zero attached hydrogens (tertiary/aromatic N) is 3. The van der Waals surface area contributed by atoms with Crippen LogP contribution in [0.3, 0.4) is 0 Å². The lowest BCUT2D eigenvalue weighted by atomic mass is 10.2. The predicted molar refractivity (Wildman–Crippen MR) is 94.9 cm³/mol. The average molecular weight is 363 g/mol. The molecule has 6 nitrogen and oxygen atoms in total. The molecule has 3 rings (SSSR count). The number of nitrogens with one attached hydrogen (secondary N) is 1. The van der Waals surface area contributed by atoms with Crippen molar-refractivity contribution < 1.29 is 9.21 Å². The molecule has 2 aromatic heterocycles. The number of aromatic nitrogens is 3. The van der Waals surface area contributed by atoms with Crippen molar-refractivity contribution >= 4 is 46.1 Å². The molecule has 3 aromatic rings. The second-order valence-electron chi connectivity index (χ2n) is 5.40. The fourth-order valence-electron chi connectivity index (χ4n) is 2.07. The number of anilines is 1. The Labute approximate surface area is 148 Å². The average Bonchev–Trinajstić information content (AvgIpc) is 2.99. The second kappa shape index (κ2) is 6.78. The molecule has 0 aliphatic heterocycles. The topological polar surface area (TPSA) is 80.9 Å². The summed E-state index contributed by atoms with van der Waals surface area (Å²) in [5.41, 5.74) is 2.10. The van der Waals surface area contributed by atoms with E-state index < -0.39 is 5.91 Å². The van der Waals surface area contributed by atoms with Crippen LogP contribution in [0.15, 0.2) is 34.0 Å². The van der Waals surface area contributed by atoms with Gasteiger partial charge in [0.05, 0.1) is 11.2 Å². The summed E-state index contributed by atoms with van der Waals surface area (Å²) in [5.74, 6) is 0.460. The van der Waals surface area contributed by atoms with Gasteiger partial charge in [0.15, 0.2) is 22.3 Å². The molecule has 0 bridgehead atoms. The maximum absolute atomic E-state index is 12.4. The van der Waals surface area contributed by atoms with E-state index in [1.807, 2.05) is 20.1 Å². The summed E-state index contributed by atoms with van der Waals surface area (Å²) < 4.78 is 5.66. The number of hydrogen-bond donors (Lipinski definition) is 1. The van der Waals surface area contributed by atoms with E-state index >= 15 is 0 Å². The summed E-state index contributed by atoms with van der Waals surface area (Å²) in [5, 5.41) is 3.46. The van der Waals surface area contributed by atoms with Gasteiger partial charge in [0.1, 0.15) is 5.52 Å². The molecule has 0 unspecified atom stereocenters. The Hall–Kier alpha value is -2.12. The molecule has 1 aromatic carbocycles. The first-order chi connectivity index (χ1) is 11.5. The van der Waals surface area contributed by atoms with E-state index in [-0.39, 0.29) is 16.6 Å². The highest BCUT2D eigenvalue weighted by molar-refractivity contribution is 7.98. The van der Waals surface area contributed by atoms with Crippen LogP contribution in [0, 0.1) is 0 Å². The largest absolute Gasteiger partial charge is 0.440 e. The summed E-state index contributed by atoms with van der Waals surface area (Å²) in [4.78, 5) is 25.0. The first-order valence-electron chi connectivity index (χ1n) is 7.26. The van der Waals surface area contributed by atoms with Crippen molar-refractivity contribution in [1.82, 2.24) is 15.0 Å². The summed E-state index contributed by atoms with van der Waals surface area (Å²) in [7, 11) is 0. The van der Waals surface area contributed by atoms with Crippen LogP contribution in [0.4, 0.5) is 5.69 Å². The van der Waals surface area contributed by atoms with Crippen LogP contribution in [0.2, 0.25) is 5.02 Å². The maximum Gasteiger partial charge on any atom is 0.275 e. The Bertz CT molecular complexity index is 910. The molecule has 1 N–H and O–H groups in total. The number of hydrogen-bond acceptors (Lipinski definition) is 6. The third kappa shape index (κ3) is 3.37. The van der Waals surface area contributed by atoms with E-state index in [2.05, 4.69) is 20.3 Å². The molecule has 0 fully saturated rings. The van der Waals surface area contributed by atoms with E-state index in [1.165, 1.54) is 18.0 Å². The van der Waals surface area contributed by atoms with Crippen LogP contribution < -0.4 is 5.32 Å². The Morgan fingerprint density at radius 3 is 2.83 bits per heavy atom. The molecule has 8 heteroatoms. The summed E-state index contributed by atoms with van der Waals surface area (Å²) in [6.45, 7) is 4.02. The molecule has 0 saturated heterocycles. The minimum absolute atomic E-state index is 0.138. The van der Waals surface area contributed by atoms with Crippen LogP contribution in [-0.2, 0) is 0 Å². The molecule has 0 saturated carbocycles. The highest BCUT2D eigenvalue weighted by Gasteiger charge is 2.15. The minimum atomic E-state index is -0.398. The Morgan fingerprint density at radius 1 is 1.33 bits per heavy atom. The highest BCUT2D eigenvalue weighted by atomic mass is 35.5. The third-order valence-electron chi connectivity index (χ3n) is 3.28. The van der Waals surface area contributed by atoms with Gasteiger partial charge < -0.3 is 9.73 Å². The number of halogens is 1. The zero-order chi connectivity index (χ0) is 17.3. The molecular weight excluding hydrogens is 348 g/mol. The summed E-state index contributed by atoms with van der Waals surface area (Å²) in [6, 6.07) is 5.28. The lowest BCUT2D eigenvalue weighted by Crippen LogP contribution is -2.15. The lowest BCUT2D eigenvalue weighted by Gasteiger charge is -2.06. The highest BCUT2D eigenvalue weighted by Crippen LogP contribution is 2.24. The van der Waals surface area contributed by atoms with Gasteiger partial charge in [-0.2, -0.15) is 0 Å². The minimum Gasteiger partial charge on any atom is -0.440 e. The first-order valence-corrected chi connectivity index (χ1v) is 8.86. The zero-order valence-electron chi connectivity index (χ0n) is 13.3. The van der Waals surface area contributed by atoms with Crippen LogP contribution in [0.1, 0.15) is 36.1 Å². The van der Waals surface area contributed by atoms with Crippen molar-refractivity contribution in [3.63, 3.8) is 0 Å². The van der Waals surface area contributed by atoms with Gasteiger partial charge in [-0.15, -0.1) is 0 Å². The van der Waals surface area contributed by atoms with Gasteiger partial charge in [-0.1, -0.05) is 37.2 Å². The van der Waals surface area contributed by atoms with Crippen LogP contribution in [0.5, 0.6) is 0 Å². The molecule has 0 atom stereocenters. The normalized spacial score (nSPS) is 11.2. The maximum atomic E-state index is 12.4. The number of oxazole rings is 1.